The zero-order chi connectivity index (χ0) is 17.2. The smallest absolute Gasteiger partial charge is 0.154 e. The Morgan fingerprint density at radius 1 is 0.800 bits per heavy atom. The zero-order valence-corrected chi connectivity index (χ0v) is 13.8. The van der Waals surface area contributed by atoms with Crippen LogP contribution in [0.2, 0.25) is 5.02 Å². The molecule has 3 aromatic rings. The topological polar surface area (TPSA) is 36.8 Å². The molecule has 5 heteroatoms. The standard InChI is InChI=1S/C20H13ClFN3/c21-15-9-5-14(6-10-15)20-23-18-4-2-1-3-17(18)19(24-25-20)13-7-11-16(22)12-8-13/h1-12H,(H,23,25). The van der Waals surface area contributed by atoms with Crippen LogP contribution in [0.4, 0.5) is 10.1 Å². The lowest BCUT2D eigenvalue weighted by Crippen LogP contribution is -2.19. The lowest BCUT2D eigenvalue weighted by Gasteiger charge is -2.07. The molecule has 0 fully saturated rings. The average Bonchev–Trinajstić information content (AvgIpc) is 2.83. The number of hydrazone groups is 1. The van der Waals surface area contributed by atoms with Gasteiger partial charge >= 0.3 is 0 Å². The molecule has 3 aromatic carbocycles. The van der Waals surface area contributed by atoms with Crippen molar-refractivity contribution in [3.05, 3.63) is 100 Å². The van der Waals surface area contributed by atoms with Gasteiger partial charge in [-0.3, -0.25) is 5.43 Å². The van der Waals surface area contributed by atoms with Crippen LogP contribution >= 0.6 is 11.6 Å². The molecule has 1 N–H and O–H groups in total. The van der Waals surface area contributed by atoms with Gasteiger partial charge in [0.05, 0.1) is 11.4 Å². The minimum absolute atomic E-state index is 0.280. The van der Waals surface area contributed by atoms with Crippen LogP contribution in [0.5, 0.6) is 0 Å². The number of nitrogens with zero attached hydrogens (tertiary/aromatic N) is 2. The van der Waals surface area contributed by atoms with Crippen LogP contribution < -0.4 is 5.43 Å². The molecule has 1 aliphatic rings. The number of rotatable bonds is 2. The van der Waals surface area contributed by atoms with E-state index in [1.807, 2.05) is 48.5 Å². The van der Waals surface area contributed by atoms with Crippen molar-refractivity contribution in [3.63, 3.8) is 0 Å². The van der Waals surface area contributed by atoms with Gasteiger partial charge in [0.25, 0.3) is 0 Å². The van der Waals surface area contributed by atoms with E-state index in [-0.39, 0.29) is 5.82 Å². The first-order valence-corrected chi connectivity index (χ1v) is 8.12. The van der Waals surface area contributed by atoms with Crippen LogP contribution in [-0.4, -0.2) is 11.5 Å². The van der Waals surface area contributed by atoms with E-state index in [1.165, 1.54) is 12.1 Å². The Morgan fingerprint density at radius 2 is 1.48 bits per heavy atom. The highest BCUT2D eigenvalue weighted by Crippen LogP contribution is 2.25. The molecule has 0 unspecified atom stereocenters. The first-order chi connectivity index (χ1) is 12.2. The molecule has 25 heavy (non-hydrogen) atoms. The molecule has 0 saturated heterocycles. The summed E-state index contributed by atoms with van der Waals surface area (Å²) in [7, 11) is 0. The summed E-state index contributed by atoms with van der Waals surface area (Å²) in [6, 6.07) is 21.4. The van der Waals surface area contributed by atoms with E-state index in [9.17, 15) is 4.39 Å². The van der Waals surface area contributed by atoms with Crippen molar-refractivity contribution in [3.8, 4) is 0 Å². The first kappa shape index (κ1) is 15.5. The lowest BCUT2D eigenvalue weighted by molar-refractivity contribution is 0.628. The number of halogens is 2. The predicted molar refractivity (Wildman–Crippen MR) is 99.3 cm³/mol. The number of hydrogen-bond acceptors (Lipinski definition) is 3. The Morgan fingerprint density at radius 3 is 2.24 bits per heavy atom. The molecule has 0 bridgehead atoms. The van der Waals surface area contributed by atoms with E-state index >= 15 is 0 Å². The van der Waals surface area contributed by atoms with Crippen LogP contribution in [0.25, 0.3) is 0 Å². The molecule has 122 valence electrons. The largest absolute Gasteiger partial charge is 0.260 e. The number of benzene rings is 3. The quantitative estimate of drug-likeness (QED) is 0.701. The van der Waals surface area contributed by atoms with Crippen LogP contribution in [0.15, 0.2) is 82.9 Å². The van der Waals surface area contributed by atoms with Crippen molar-refractivity contribution in [1.29, 1.82) is 0 Å². The second-order valence-corrected chi connectivity index (χ2v) is 6.00. The van der Waals surface area contributed by atoms with Crippen molar-refractivity contribution < 1.29 is 4.39 Å². The molecule has 0 atom stereocenters. The maximum Gasteiger partial charge on any atom is 0.154 e. The molecule has 1 heterocycles. The highest BCUT2D eigenvalue weighted by atomic mass is 35.5. The minimum atomic E-state index is -0.280. The van der Waals surface area contributed by atoms with Gasteiger partial charge in [-0.25, -0.2) is 9.38 Å². The molecule has 0 spiro atoms. The fourth-order valence-electron chi connectivity index (χ4n) is 2.65. The second kappa shape index (κ2) is 6.49. The number of fused-ring (bicyclic) bond motifs is 1. The molecule has 1 aliphatic heterocycles. The molecule has 0 amide bonds. The second-order valence-electron chi connectivity index (χ2n) is 5.56. The summed E-state index contributed by atoms with van der Waals surface area (Å²) in [5.74, 6) is 0.346. The molecule has 4 rings (SSSR count). The summed E-state index contributed by atoms with van der Waals surface area (Å²) >= 11 is 5.96. The number of para-hydroxylation sites is 1. The van der Waals surface area contributed by atoms with Gasteiger partial charge in [0.1, 0.15) is 5.82 Å². The normalized spacial score (nSPS) is 13.2. The molecule has 0 radical (unpaired) electrons. The van der Waals surface area contributed by atoms with Crippen LogP contribution in [0.3, 0.4) is 0 Å². The van der Waals surface area contributed by atoms with E-state index < -0.39 is 0 Å². The third-order valence-electron chi connectivity index (χ3n) is 3.90. The molecular formula is C20H13ClFN3. The highest BCUT2D eigenvalue weighted by Gasteiger charge is 2.16. The van der Waals surface area contributed by atoms with E-state index in [1.54, 1.807) is 12.1 Å². The fraction of sp³-hybridized carbons (Fsp3) is 0. The van der Waals surface area contributed by atoms with Crippen LogP contribution in [-0.2, 0) is 0 Å². The monoisotopic (exact) mass is 349 g/mol. The van der Waals surface area contributed by atoms with Crippen molar-refractivity contribution in [2.75, 3.05) is 0 Å². The molecule has 0 aromatic heterocycles. The summed E-state index contributed by atoms with van der Waals surface area (Å²) in [6.07, 6.45) is 0. The SMILES string of the molecule is Fc1ccc(C2=NNC(c3ccc(Cl)cc3)=Nc3ccccc32)cc1. The van der Waals surface area contributed by atoms with E-state index in [0.717, 1.165) is 22.4 Å². The predicted octanol–water partition coefficient (Wildman–Crippen LogP) is 4.91. The van der Waals surface area contributed by atoms with Gasteiger partial charge in [-0.05, 0) is 54.6 Å². The first-order valence-electron chi connectivity index (χ1n) is 7.74. The van der Waals surface area contributed by atoms with Gasteiger partial charge in [0.15, 0.2) is 5.84 Å². The minimum Gasteiger partial charge on any atom is -0.260 e. The van der Waals surface area contributed by atoms with Gasteiger partial charge in [0, 0.05) is 21.7 Å². The van der Waals surface area contributed by atoms with Crippen LogP contribution in [0.1, 0.15) is 16.7 Å². The van der Waals surface area contributed by atoms with E-state index in [2.05, 4.69) is 10.5 Å². The molecule has 0 saturated carbocycles. The maximum absolute atomic E-state index is 13.3. The number of hydrogen-bond donors (Lipinski definition) is 1. The Hall–Kier alpha value is -2.98. The number of nitrogens with one attached hydrogen (secondary N) is 1. The van der Waals surface area contributed by atoms with Gasteiger partial charge in [-0.2, -0.15) is 5.10 Å². The van der Waals surface area contributed by atoms with Crippen molar-refractivity contribution in [2.24, 2.45) is 10.1 Å². The summed E-state index contributed by atoms with van der Waals surface area (Å²) < 4.78 is 13.3. The van der Waals surface area contributed by atoms with Crippen molar-refractivity contribution in [1.82, 2.24) is 5.43 Å². The average molecular weight is 350 g/mol. The summed E-state index contributed by atoms with van der Waals surface area (Å²) in [4.78, 5) is 4.71. The van der Waals surface area contributed by atoms with Gasteiger partial charge < -0.3 is 0 Å². The Kier molecular flexibility index (Phi) is 4.04. The Balaban J connectivity index is 1.83. The third-order valence-corrected chi connectivity index (χ3v) is 4.15. The molecular weight excluding hydrogens is 337 g/mol. The van der Waals surface area contributed by atoms with Crippen molar-refractivity contribution in [2.45, 2.75) is 0 Å². The van der Waals surface area contributed by atoms with Crippen LogP contribution in [0, 0.1) is 5.82 Å². The lowest BCUT2D eigenvalue weighted by atomic mass is 10.0. The highest BCUT2D eigenvalue weighted by molar-refractivity contribution is 6.30. The third kappa shape index (κ3) is 3.16. The van der Waals surface area contributed by atoms with Gasteiger partial charge in [0.2, 0.25) is 0 Å². The fourth-order valence-corrected chi connectivity index (χ4v) is 2.78. The molecule has 0 aliphatic carbocycles. The molecule has 3 nitrogen and oxygen atoms in total. The Bertz CT molecular complexity index is 977. The summed E-state index contributed by atoms with van der Waals surface area (Å²) in [5.41, 5.74) is 7.10. The van der Waals surface area contributed by atoms with Gasteiger partial charge in [-0.15, -0.1) is 0 Å². The van der Waals surface area contributed by atoms with Crippen molar-refractivity contribution >= 4 is 28.8 Å². The number of amidine groups is 1. The zero-order valence-electron chi connectivity index (χ0n) is 13.1. The number of aliphatic imine (C=N–C) groups is 1. The Labute approximate surface area is 149 Å². The van der Waals surface area contributed by atoms with Gasteiger partial charge in [-0.1, -0.05) is 29.8 Å². The maximum atomic E-state index is 13.3. The summed E-state index contributed by atoms with van der Waals surface area (Å²) in [5, 5.41) is 5.19. The van der Waals surface area contributed by atoms with E-state index in [0.29, 0.717) is 16.6 Å². The summed E-state index contributed by atoms with van der Waals surface area (Å²) in [6.45, 7) is 0. The van der Waals surface area contributed by atoms with E-state index in [4.69, 9.17) is 16.6 Å².